The van der Waals surface area contributed by atoms with Crippen LogP contribution in [0.25, 0.3) is 0 Å². The molecule has 0 spiro atoms. The second-order valence-electron chi connectivity index (χ2n) is 4.97. The van der Waals surface area contributed by atoms with Gasteiger partial charge in [-0.1, -0.05) is 32.0 Å². The zero-order chi connectivity index (χ0) is 13.5. The van der Waals surface area contributed by atoms with Crippen molar-refractivity contribution in [1.82, 2.24) is 5.32 Å². The van der Waals surface area contributed by atoms with Gasteiger partial charge in [-0.15, -0.1) is 0 Å². The Morgan fingerprint density at radius 2 is 2.06 bits per heavy atom. The summed E-state index contributed by atoms with van der Waals surface area (Å²) in [5.74, 6) is 0.896. The minimum absolute atomic E-state index is 0.310. The lowest BCUT2D eigenvalue weighted by atomic mass is 10.0. The Bertz CT molecular complexity index is 364. The van der Waals surface area contributed by atoms with E-state index < -0.39 is 0 Å². The van der Waals surface area contributed by atoms with Crippen LogP contribution in [0.5, 0.6) is 5.75 Å². The molecule has 2 N–H and O–H groups in total. The molecule has 0 amide bonds. The normalized spacial score (nSPS) is 12.9. The summed E-state index contributed by atoms with van der Waals surface area (Å²) < 4.78 is 5.47. The molecule has 0 saturated carbocycles. The summed E-state index contributed by atoms with van der Waals surface area (Å²) >= 11 is 0. The van der Waals surface area contributed by atoms with Gasteiger partial charge in [0.2, 0.25) is 0 Å². The molecule has 0 saturated heterocycles. The van der Waals surface area contributed by atoms with Crippen LogP contribution < -0.4 is 5.32 Å². The minimum atomic E-state index is 0.310. The molecule has 1 unspecified atom stereocenters. The number of benzene rings is 1. The van der Waals surface area contributed by atoms with E-state index in [-0.39, 0.29) is 0 Å². The number of aromatic hydroxyl groups is 1. The lowest BCUT2D eigenvalue weighted by molar-refractivity contribution is 0.107. The Morgan fingerprint density at radius 1 is 1.33 bits per heavy atom. The van der Waals surface area contributed by atoms with Crippen LogP contribution in [-0.4, -0.2) is 24.4 Å². The van der Waals surface area contributed by atoms with E-state index in [1.807, 2.05) is 32.0 Å². The maximum atomic E-state index is 9.95. The van der Waals surface area contributed by atoms with Gasteiger partial charge in [-0.3, -0.25) is 0 Å². The van der Waals surface area contributed by atoms with Gasteiger partial charge in [-0.25, -0.2) is 0 Å². The van der Waals surface area contributed by atoms with Gasteiger partial charge < -0.3 is 15.2 Å². The van der Waals surface area contributed by atoms with Crippen LogP contribution in [-0.2, 0) is 11.3 Å². The minimum Gasteiger partial charge on any atom is -0.507 e. The van der Waals surface area contributed by atoms with Crippen LogP contribution >= 0.6 is 0 Å². The van der Waals surface area contributed by atoms with Crippen LogP contribution in [0.3, 0.4) is 0 Å². The van der Waals surface area contributed by atoms with Crippen LogP contribution in [0.4, 0.5) is 0 Å². The maximum Gasteiger partial charge on any atom is 0.122 e. The molecule has 0 aromatic heterocycles. The second kappa shape index (κ2) is 7.39. The number of para-hydroxylation sites is 1. The molecule has 18 heavy (non-hydrogen) atoms. The third kappa shape index (κ3) is 4.31. The van der Waals surface area contributed by atoms with Gasteiger partial charge in [0, 0.05) is 24.8 Å². The average Bonchev–Trinajstić information content (AvgIpc) is 2.33. The standard InChI is InChI=1S/C15H25NO2/c1-5-18-10-14(11(2)3)16-9-13-8-6-7-12(4)15(13)17/h6-8,11,14,16-17H,5,9-10H2,1-4H3. The molecule has 0 heterocycles. The predicted octanol–water partition coefficient (Wildman–Crippen LogP) is 2.85. The quantitative estimate of drug-likeness (QED) is 0.783. The molecule has 102 valence electrons. The molecule has 1 rings (SSSR count). The first-order valence-corrected chi connectivity index (χ1v) is 6.64. The fourth-order valence-electron chi connectivity index (χ4n) is 1.84. The van der Waals surface area contributed by atoms with E-state index in [2.05, 4.69) is 19.2 Å². The van der Waals surface area contributed by atoms with E-state index in [1.54, 1.807) is 0 Å². The molecular weight excluding hydrogens is 226 g/mol. The van der Waals surface area contributed by atoms with Crippen LogP contribution in [0.2, 0.25) is 0 Å². The van der Waals surface area contributed by atoms with Gasteiger partial charge in [0.25, 0.3) is 0 Å². The lowest BCUT2D eigenvalue weighted by Gasteiger charge is -2.22. The zero-order valence-electron chi connectivity index (χ0n) is 11.9. The molecule has 1 aromatic carbocycles. The summed E-state index contributed by atoms with van der Waals surface area (Å²) in [6.07, 6.45) is 0. The number of hydrogen-bond donors (Lipinski definition) is 2. The van der Waals surface area contributed by atoms with E-state index in [1.165, 1.54) is 0 Å². The first kappa shape index (κ1) is 15.0. The van der Waals surface area contributed by atoms with Gasteiger partial charge in [-0.2, -0.15) is 0 Å². The van der Waals surface area contributed by atoms with Gasteiger partial charge in [0.05, 0.1) is 6.61 Å². The fraction of sp³-hybridized carbons (Fsp3) is 0.600. The van der Waals surface area contributed by atoms with Gasteiger partial charge in [-0.05, 0) is 25.3 Å². The summed E-state index contributed by atoms with van der Waals surface area (Å²) in [5, 5.41) is 13.4. The highest BCUT2D eigenvalue weighted by atomic mass is 16.5. The fourth-order valence-corrected chi connectivity index (χ4v) is 1.84. The molecule has 0 bridgehead atoms. The SMILES string of the molecule is CCOCC(NCc1cccc(C)c1O)C(C)C. The lowest BCUT2D eigenvalue weighted by Crippen LogP contribution is -2.37. The number of phenolic OH excluding ortho intramolecular Hbond substituents is 1. The maximum absolute atomic E-state index is 9.95. The Morgan fingerprint density at radius 3 is 2.67 bits per heavy atom. The Hall–Kier alpha value is -1.06. The van der Waals surface area contributed by atoms with E-state index in [4.69, 9.17) is 4.74 Å². The molecule has 0 aliphatic carbocycles. The van der Waals surface area contributed by atoms with E-state index in [0.29, 0.717) is 30.9 Å². The molecule has 1 atom stereocenters. The van der Waals surface area contributed by atoms with Gasteiger partial charge >= 0.3 is 0 Å². The third-order valence-electron chi connectivity index (χ3n) is 3.18. The van der Waals surface area contributed by atoms with E-state index >= 15 is 0 Å². The first-order chi connectivity index (χ1) is 8.56. The van der Waals surface area contributed by atoms with Crippen LogP contribution in [0.15, 0.2) is 18.2 Å². The van der Waals surface area contributed by atoms with Crippen molar-refractivity contribution >= 4 is 0 Å². The highest BCUT2D eigenvalue weighted by Crippen LogP contribution is 2.21. The number of aryl methyl sites for hydroxylation is 1. The number of ether oxygens (including phenoxy) is 1. The number of phenols is 1. The average molecular weight is 251 g/mol. The van der Waals surface area contributed by atoms with Crippen LogP contribution in [0.1, 0.15) is 31.9 Å². The summed E-state index contributed by atoms with van der Waals surface area (Å²) in [6.45, 7) is 10.4. The molecule has 0 fully saturated rings. The Balaban J connectivity index is 2.58. The highest BCUT2D eigenvalue weighted by molar-refractivity contribution is 5.39. The topological polar surface area (TPSA) is 41.5 Å². The van der Waals surface area contributed by atoms with E-state index in [9.17, 15) is 5.11 Å². The number of nitrogens with one attached hydrogen (secondary N) is 1. The monoisotopic (exact) mass is 251 g/mol. The summed E-state index contributed by atoms with van der Waals surface area (Å²) in [4.78, 5) is 0. The van der Waals surface area contributed by atoms with Crippen molar-refractivity contribution in [2.75, 3.05) is 13.2 Å². The highest BCUT2D eigenvalue weighted by Gasteiger charge is 2.13. The predicted molar refractivity (Wildman–Crippen MR) is 74.8 cm³/mol. The molecule has 3 nitrogen and oxygen atoms in total. The summed E-state index contributed by atoms with van der Waals surface area (Å²) in [6, 6.07) is 6.15. The van der Waals surface area contributed by atoms with Crippen molar-refractivity contribution in [3.05, 3.63) is 29.3 Å². The van der Waals surface area contributed by atoms with Crippen molar-refractivity contribution < 1.29 is 9.84 Å². The van der Waals surface area contributed by atoms with Gasteiger partial charge in [0.1, 0.15) is 5.75 Å². The van der Waals surface area contributed by atoms with Crippen molar-refractivity contribution in [3.63, 3.8) is 0 Å². The van der Waals surface area contributed by atoms with Crippen molar-refractivity contribution in [1.29, 1.82) is 0 Å². The zero-order valence-corrected chi connectivity index (χ0v) is 11.9. The Labute approximate surface area is 110 Å². The molecule has 1 aromatic rings. The molecule has 0 aliphatic heterocycles. The Kier molecular flexibility index (Phi) is 6.16. The summed E-state index contributed by atoms with van der Waals surface area (Å²) in [7, 11) is 0. The molecule has 0 radical (unpaired) electrons. The largest absolute Gasteiger partial charge is 0.507 e. The van der Waals surface area contributed by atoms with Crippen molar-refractivity contribution in [2.45, 2.75) is 40.3 Å². The third-order valence-corrected chi connectivity index (χ3v) is 3.18. The van der Waals surface area contributed by atoms with Crippen molar-refractivity contribution in [3.8, 4) is 5.75 Å². The molecule has 3 heteroatoms. The van der Waals surface area contributed by atoms with Crippen LogP contribution in [0, 0.1) is 12.8 Å². The molecule has 0 aliphatic rings. The first-order valence-electron chi connectivity index (χ1n) is 6.64. The second-order valence-corrected chi connectivity index (χ2v) is 4.97. The molecular formula is C15H25NO2. The summed E-state index contributed by atoms with van der Waals surface area (Å²) in [5.41, 5.74) is 1.86. The number of rotatable bonds is 7. The van der Waals surface area contributed by atoms with E-state index in [0.717, 1.165) is 17.7 Å². The smallest absolute Gasteiger partial charge is 0.122 e. The van der Waals surface area contributed by atoms with Gasteiger partial charge in [0.15, 0.2) is 0 Å². The number of hydrogen-bond acceptors (Lipinski definition) is 3. The van der Waals surface area contributed by atoms with Crippen molar-refractivity contribution in [2.24, 2.45) is 5.92 Å².